The van der Waals surface area contributed by atoms with Crippen molar-refractivity contribution in [3.05, 3.63) is 16.6 Å². The third kappa shape index (κ3) is 3.76. The van der Waals surface area contributed by atoms with E-state index < -0.39 is 0 Å². The Morgan fingerprint density at radius 3 is 2.71 bits per heavy atom. The Labute approximate surface area is 90.8 Å². The van der Waals surface area contributed by atoms with Crippen LogP contribution in [0.15, 0.2) is 10.9 Å². The van der Waals surface area contributed by atoms with Crippen molar-refractivity contribution in [1.82, 2.24) is 10.3 Å². The smallest absolute Gasteiger partial charge is 0.0795 e. The number of aromatic nitrogens is 1. The second-order valence-electron chi connectivity index (χ2n) is 4.08. The fraction of sp³-hybridized carbons (Fsp3) is 0.727. The Hall–Kier alpha value is -0.410. The Morgan fingerprint density at radius 2 is 2.21 bits per heavy atom. The zero-order valence-electron chi connectivity index (χ0n) is 9.29. The average Bonchev–Trinajstić information content (AvgIpc) is 2.64. The number of hydrogen-bond donors (Lipinski definition) is 1. The van der Waals surface area contributed by atoms with Gasteiger partial charge in [0.1, 0.15) is 0 Å². The van der Waals surface area contributed by atoms with Gasteiger partial charge in [0.05, 0.1) is 17.2 Å². The molecule has 0 aromatic carbocycles. The highest BCUT2D eigenvalue weighted by Crippen LogP contribution is 2.20. The Morgan fingerprint density at radius 1 is 1.43 bits per heavy atom. The molecule has 80 valence electrons. The number of thiazole rings is 1. The molecular weight excluding hydrogens is 192 g/mol. The van der Waals surface area contributed by atoms with Gasteiger partial charge in [-0.15, -0.1) is 11.3 Å². The molecule has 1 aromatic rings. The first-order chi connectivity index (χ1) is 6.74. The van der Waals surface area contributed by atoms with Crippen molar-refractivity contribution < 1.29 is 0 Å². The highest BCUT2D eigenvalue weighted by Gasteiger charge is 2.10. The zero-order valence-corrected chi connectivity index (χ0v) is 10.1. The summed E-state index contributed by atoms with van der Waals surface area (Å²) < 4.78 is 0. The van der Waals surface area contributed by atoms with E-state index in [0.717, 1.165) is 5.92 Å². The average molecular weight is 212 g/mol. The van der Waals surface area contributed by atoms with Crippen LogP contribution in [0.4, 0.5) is 0 Å². The molecule has 0 spiro atoms. The summed E-state index contributed by atoms with van der Waals surface area (Å²) in [6.07, 6.45) is 3.78. The third-order valence-electron chi connectivity index (χ3n) is 2.43. The van der Waals surface area contributed by atoms with Gasteiger partial charge in [0.25, 0.3) is 0 Å². The molecule has 0 radical (unpaired) electrons. The lowest BCUT2D eigenvalue weighted by atomic mass is 10.0. The quantitative estimate of drug-likeness (QED) is 0.783. The van der Waals surface area contributed by atoms with E-state index in [1.54, 1.807) is 11.3 Å². The molecule has 1 unspecified atom stereocenters. The van der Waals surface area contributed by atoms with Gasteiger partial charge < -0.3 is 5.32 Å². The Balaban J connectivity index is 2.33. The van der Waals surface area contributed by atoms with Gasteiger partial charge in [0.15, 0.2) is 0 Å². The first kappa shape index (κ1) is 11.7. The number of nitrogens with zero attached hydrogens (tertiary/aromatic N) is 1. The number of nitrogens with one attached hydrogen (secondary N) is 1. The molecule has 0 amide bonds. The highest BCUT2D eigenvalue weighted by molar-refractivity contribution is 7.07. The minimum atomic E-state index is 0.444. The van der Waals surface area contributed by atoms with Crippen LogP contribution in [-0.4, -0.2) is 12.0 Å². The maximum Gasteiger partial charge on any atom is 0.0795 e. The lowest BCUT2D eigenvalue weighted by Gasteiger charge is -2.14. The minimum absolute atomic E-state index is 0.444. The van der Waals surface area contributed by atoms with Crippen molar-refractivity contribution in [2.24, 2.45) is 5.92 Å². The van der Waals surface area contributed by atoms with Gasteiger partial charge in [-0.05, 0) is 19.4 Å². The fourth-order valence-electron chi connectivity index (χ4n) is 1.56. The molecule has 2 nitrogen and oxygen atoms in total. The lowest BCUT2D eigenvalue weighted by molar-refractivity contribution is 0.465. The van der Waals surface area contributed by atoms with E-state index >= 15 is 0 Å². The summed E-state index contributed by atoms with van der Waals surface area (Å²) in [4.78, 5) is 4.34. The normalized spacial score (nSPS) is 13.4. The summed E-state index contributed by atoms with van der Waals surface area (Å²) in [7, 11) is 2.01. The van der Waals surface area contributed by atoms with Gasteiger partial charge in [-0.25, -0.2) is 4.98 Å². The van der Waals surface area contributed by atoms with E-state index in [0.29, 0.717) is 6.04 Å². The molecule has 0 fully saturated rings. The van der Waals surface area contributed by atoms with Crippen molar-refractivity contribution in [3.8, 4) is 0 Å². The topological polar surface area (TPSA) is 24.9 Å². The van der Waals surface area contributed by atoms with Crippen LogP contribution in [-0.2, 0) is 0 Å². The molecule has 1 N–H and O–H groups in total. The van der Waals surface area contributed by atoms with E-state index in [-0.39, 0.29) is 0 Å². The van der Waals surface area contributed by atoms with Crippen LogP contribution in [0.1, 0.15) is 44.8 Å². The molecule has 0 saturated heterocycles. The number of hydrogen-bond acceptors (Lipinski definition) is 3. The van der Waals surface area contributed by atoms with Crippen LogP contribution in [0.2, 0.25) is 0 Å². The minimum Gasteiger partial charge on any atom is -0.312 e. The van der Waals surface area contributed by atoms with Gasteiger partial charge in [-0.1, -0.05) is 26.7 Å². The van der Waals surface area contributed by atoms with Gasteiger partial charge in [-0.3, -0.25) is 0 Å². The molecule has 0 saturated carbocycles. The lowest BCUT2D eigenvalue weighted by Crippen LogP contribution is -2.16. The first-order valence-corrected chi connectivity index (χ1v) is 6.23. The van der Waals surface area contributed by atoms with Gasteiger partial charge in [0, 0.05) is 5.38 Å². The van der Waals surface area contributed by atoms with Crippen molar-refractivity contribution in [3.63, 3.8) is 0 Å². The van der Waals surface area contributed by atoms with Gasteiger partial charge >= 0.3 is 0 Å². The van der Waals surface area contributed by atoms with Gasteiger partial charge in [0.2, 0.25) is 0 Å². The van der Waals surface area contributed by atoms with Crippen molar-refractivity contribution in [2.45, 2.75) is 39.2 Å². The van der Waals surface area contributed by atoms with Crippen LogP contribution < -0.4 is 5.32 Å². The van der Waals surface area contributed by atoms with Crippen molar-refractivity contribution in [2.75, 3.05) is 7.05 Å². The molecule has 14 heavy (non-hydrogen) atoms. The van der Waals surface area contributed by atoms with Crippen LogP contribution in [0.5, 0.6) is 0 Å². The fourth-order valence-corrected chi connectivity index (χ4v) is 2.17. The van der Waals surface area contributed by atoms with E-state index in [1.807, 2.05) is 12.6 Å². The molecule has 3 heteroatoms. The SMILES string of the molecule is CNC(CCCC(C)C)c1cscn1. The molecule has 1 atom stereocenters. The second kappa shape index (κ2) is 6.14. The summed E-state index contributed by atoms with van der Waals surface area (Å²) in [5.41, 5.74) is 3.10. The molecule has 1 aromatic heterocycles. The standard InChI is InChI=1S/C11H20N2S/c1-9(2)5-4-6-10(12-3)11-7-14-8-13-11/h7-10,12H,4-6H2,1-3H3. The molecule has 0 bridgehead atoms. The van der Waals surface area contributed by atoms with E-state index in [1.165, 1.54) is 25.0 Å². The summed E-state index contributed by atoms with van der Waals surface area (Å²) >= 11 is 1.67. The first-order valence-electron chi connectivity index (χ1n) is 5.29. The predicted molar refractivity (Wildman–Crippen MR) is 62.6 cm³/mol. The van der Waals surface area contributed by atoms with Crippen LogP contribution in [0.25, 0.3) is 0 Å². The number of rotatable bonds is 6. The van der Waals surface area contributed by atoms with Gasteiger partial charge in [-0.2, -0.15) is 0 Å². The van der Waals surface area contributed by atoms with E-state index in [9.17, 15) is 0 Å². The predicted octanol–water partition coefficient (Wildman–Crippen LogP) is 3.23. The largest absolute Gasteiger partial charge is 0.312 e. The molecule has 0 aliphatic heterocycles. The molecule has 0 aliphatic carbocycles. The van der Waals surface area contributed by atoms with E-state index in [4.69, 9.17) is 0 Å². The molecule has 1 rings (SSSR count). The van der Waals surface area contributed by atoms with Crippen LogP contribution in [0, 0.1) is 5.92 Å². The molecule has 1 heterocycles. The molecule has 0 aliphatic rings. The molecular formula is C11H20N2S. The van der Waals surface area contributed by atoms with Crippen molar-refractivity contribution in [1.29, 1.82) is 0 Å². The second-order valence-corrected chi connectivity index (χ2v) is 4.80. The summed E-state index contributed by atoms with van der Waals surface area (Å²) in [5.74, 6) is 0.808. The third-order valence-corrected chi connectivity index (χ3v) is 3.04. The monoisotopic (exact) mass is 212 g/mol. The Kier molecular flexibility index (Phi) is 5.12. The van der Waals surface area contributed by atoms with Crippen LogP contribution in [0.3, 0.4) is 0 Å². The van der Waals surface area contributed by atoms with E-state index in [2.05, 4.69) is 29.5 Å². The zero-order chi connectivity index (χ0) is 10.4. The Bertz CT molecular complexity index is 231. The maximum absolute atomic E-state index is 4.34. The maximum atomic E-state index is 4.34. The van der Waals surface area contributed by atoms with Crippen LogP contribution >= 0.6 is 11.3 Å². The summed E-state index contributed by atoms with van der Waals surface area (Å²) in [5, 5.41) is 5.46. The van der Waals surface area contributed by atoms with Crippen molar-refractivity contribution >= 4 is 11.3 Å². The summed E-state index contributed by atoms with van der Waals surface area (Å²) in [6, 6.07) is 0.444. The summed E-state index contributed by atoms with van der Waals surface area (Å²) in [6.45, 7) is 4.55. The highest BCUT2D eigenvalue weighted by atomic mass is 32.1.